The average Bonchev–Trinajstić information content (AvgIpc) is 2.99. The number of nitrogens with zero attached hydrogens (tertiary/aromatic N) is 1. The first kappa shape index (κ1) is 15.0. The number of nitrogens with one attached hydrogen (secondary N) is 1. The van der Waals surface area contributed by atoms with Gasteiger partial charge in [-0.1, -0.05) is 32.6 Å². The van der Waals surface area contributed by atoms with Crippen LogP contribution in [0.15, 0.2) is 35.8 Å². The van der Waals surface area contributed by atoms with Crippen molar-refractivity contribution in [3.63, 3.8) is 0 Å². The highest BCUT2D eigenvalue weighted by Gasteiger charge is 2.03. The highest BCUT2D eigenvalue weighted by molar-refractivity contribution is 7.13. The Morgan fingerprint density at radius 3 is 2.60 bits per heavy atom. The van der Waals surface area contributed by atoms with Crippen LogP contribution in [0.2, 0.25) is 0 Å². The van der Waals surface area contributed by atoms with Gasteiger partial charge in [-0.25, -0.2) is 4.98 Å². The van der Waals surface area contributed by atoms with Crippen molar-refractivity contribution < 1.29 is 0 Å². The minimum absolute atomic E-state index is 0.539. The van der Waals surface area contributed by atoms with Gasteiger partial charge in [-0.15, -0.1) is 11.3 Å². The normalized spacial score (nSPS) is 12.3. The molecule has 20 heavy (non-hydrogen) atoms. The van der Waals surface area contributed by atoms with Crippen LogP contribution in [-0.4, -0.2) is 11.0 Å². The van der Waals surface area contributed by atoms with Crippen molar-refractivity contribution in [2.24, 2.45) is 0 Å². The van der Waals surface area contributed by atoms with Crippen LogP contribution in [0.3, 0.4) is 0 Å². The lowest BCUT2D eigenvalue weighted by Crippen LogP contribution is -2.14. The molecule has 1 atom stereocenters. The molecule has 0 saturated carbocycles. The molecule has 2 aromatic rings. The fourth-order valence-corrected chi connectivity index (χ4v) is 2.95. The van der Waals surface area contributed by atoms with Crippen molar-refractivity contribution in [2.45, 2.75) is 52.0 Å². The van der Waals surface area contributed by atoms with E-state index in [1.165, 1.54) is 43.4 Å². The summed E-state index contributed by atoms with van der Waals surface area (Å²) >= 11 is 1.68. The first-order valence-electron chi connectivity index (χ1n) is 7.56. The predicted octanol–water partition coefficient (Wildman–Crippen LogP) is 5.58. The van der Waals surface area contributed by atoms with Crippen molar-refractivity contribution in [2.75, 3.05) is 5.32 Å². The molecule has 0 spiro atoms. The molecule has 1 aromatic carbocycles. The Bertz CT molecular complexity index is 476. The molecule has 0 amide bonds. The fourth-order valence-electron chi connectivity index (χ4n) is 2.31. The molecule has 1 aromatic heterocycles. The van der Waals surface area contributed by atoms with Crippen molar-refractivity contribution >= 4 is 17.0 Å². The van der Waals surface area contributed by atoms with Crippen LogP contribution < -0.4 is 5.32 Å². The van der Waals surface area contributed by atoms with Crippen LogP contribution in [0.4, 0.5) is 5.69 Å². The summed E-state index contributed by atoms with van der Waals surface area (Å²) in [6.07, 6.45) is 8.43. The van der Waals surface area contributed by atoms with Gasteiger partial charge in [0, 0.05) is 28.9 Å². The first-order valence-corrected chi connectivity index (χ1v) is 8.44. The standard InChI is InChI=1S/C17H24N2S/c1-3-4-5-6-7-14(2)19-16-10-8-15(9-11-16)17-18-12-13-20-17/h8-14,19H,3-7H2,1-2H3. The van der Waals surface area contributed by atoms with E-state index in [0.717, 1.165) is 5.01 Å². The monoisotopic (exact) mass is 288 g/mol. The van der Waals surface area contributed by atoms with E-state index in [9.17, 15) is 0 Å². The van der Waals surface area contributed by atoms with E-state index in [-0.39, 0.29) is 0 Å². The molecule has 0 bridgehead atoms. The summed E-state index contributed by atoms with van der Waals surface area (Å²) in [7, 11) is 0. The summed E-state index contributed by atoms with van der Waals surface area (Å²) in [5, 5.41) is 6.68. The second kappa shape index (κ2) is 8.05. The molecule has 0 saturated heterocycles. The zero-order valence-corrected chi connectivity index (χ0v) is 13.2. The Morgan fingerprint density at radius 2 is 1.95 bits per heavy atom. The van der Waals surface area contributed by atoms with E-state index in [1.807, 2.05) is 11.6 Å². The van der Waals surface area contributed by atoms with E-state index in [1.54, 1.807) is 11.3 Å². The molecule has 1 N–H and O–H groups in total. The maximum atomic E-state index is 4.33. The molecule has 0 aliphatic rings. The lowest BCUT2D eigenvalue weighted by Gasteiger charge is -2.15. The van der Waals surface area contributed by atoms with Crippen LogP contribution in [0.5, 0.6) is 0 Å². The Hall–Kier alpha value is -1.35. The quantitative estimate of drug-likeness (QED) is 0.641. The van der Waals surface area contributed by atoms with Gasteiger partial charge < -0.3 is 5.32 Å². The highest BCUT2D eigenvalue weighted by atomic mass is 32.1. The third-order valence-corrected chi connectivity index (χ3v) is 4.29. The third-order valence-electron chi connectivity index (χ3n) is 3.47. The molecule has 108 valence electrons. The molecule has 1 heterocycles. The summed E-state index contributed by atoms with van der Waals surface area (Å²) in [4.78, 5) is 4.33. The number of unbranched alkanes of at least 4 members (excludes halogenated alkanes) is 3. The van der Waals surface area contributed by atoms with Gasteiger partial charge in [-0.3, -0.25) is 0 Å². The van der Waals surface area contributed by atoms with Gasteiger partial charge in [0.2, 0.25) is 0 Å². The summed E-state index contributed by atoms with van der Waals surface area (Å²) in [5.74, 6) is 0. The van der Waals surface area contributed by atoms with E-state index in [0.29, 0.717) is 6.04 Å². The summed E-state index contributed by atoms with van der Waals surface area (Å²) in [6, 6.07) is 9.13. The Labute approximate surface area is 126 Å². The van der Waals surface area contributed by atoms with Gasteiger partial charge in [0.05, 0.1) is 0 Å². The molecule has 0 aliphatic heterocycles. The molecule has 2 nitrogen and oxygen atoms in total. The minimum atomic E-state index is 0.539. The second-order valence-electron chi connectivity index (χ2n) is 5.31. The Kier molecular flexibility index (Phi) is 6.06. The molecular formula is C17H24N2S. The summed E-state index contributed by atoms with van der Waals surface area (Å²) < 4.78 is 0. The van der Waals surface area contributed by atoms with E-state index in [2.05, 4.69) is 48.4 Å². The largest absolute Gasteiger partial charge is 0.383 e. The lowest BCUT2D eigenvalue weighted by molar-refractivity contribution is 0.594. The minimum Gasteiger partial charge on any atom is -0.383 e. The van der Waals surface area contributed by atoms with Gasteiger partial charge >= 0.3 is 0 Å². The van der Waals surface area contributed by atoms with Gasteiger partial charge in [-0.05, 0) is 37.6 Å². The molecule has 3 heteroatoms. The predicted molar refractivity (Wildman–Crippen MR) is 89.4 cm³/mol. The van der Waals surface area contributed by atoms with Gasteiger partial charge in [0.25, 0.3) is 0 Å². The second-order valence-corrected chi connectivity index (χ2v) is 6.20. The van der Waals surface area contributed by atoms with Gasteiger partial charge in [-0.2, -0.15) is 0 Å². The number of hydrogen-bond acceptors (Lipinski definition) is 3. The molecule has 0 aliphatic carbocycles. The number of benzene rings is 1. The fraction of sp³-hybridized carbons (Fsp3) is 0.471. The van der Waals surface area contributed by atoms with Crippen molar-refractivity contribution in [3.05, 3.63) is 35.8 Å². The molecular weight excluding hydrogens is 264 g/mol. The third kappa shape index (κ3) is 4.64. The zero-order valence-electron chi connectivity index (χ0n) is 12.4. The SMILES string of the molecule is CCCCCCC(C)Nc1ccc(-c2nccs2)cc1. The van der Waals surface area contributed by atoms with Crippen LogP contribution >= 0.6 is 11.3 Å². The zero-order chi connectivity index (χ0) is 14.2. The van der Waals surface area contributed by atoms with Crippen molar-refractivity contribution in [1.29, 1.82) is 0 Å². The number of hydrogen-bond donors (Lipinski definition) is 1. The lowest BCUT2D eigenvalue weighted by atomic mass is 10.1. The van der Waals surface area contributed by atoms with Crippen molar-refractivity contribution in [3.8, 4) is 10.6 Å². The number of anilines is 1. The number of thiazole rings is 1. The Morgan fingerprint density at radius 1 is 1.15 bits per heavy atom. The average molecular weight is 288 g/mol. The molecule has 0 radical (unpaired) electrons. The summed E-state index contributed by atoms with van der Waals surface area (Å²) in [6.45, 7) is 4.52. The maximum Gasteiger partial charge on any atom is 0.123 e. The number of aromatic nitrogens is 1. The van der Waals surface area contributed by atoms with Crippen LogP contribution in [-0.2, 0) is 0 Å². The van der Waals surface area contributed by atoms with Gasteiger partial charge in [0.1, 0.15) is 5.01 Å². The smallest absolute Gasteiger partial charge is 0.123 e. The summed E-state index contributed by atoms with van der Waals surface area (Å²) in [5.41, 5.74) is 2.40. The van der Waals surface area contributed by atoms with Crippen molar-refractivity contribution in [1.82, 2.24) is 4.98 Å². The van der Waals surface area contributed by atoms with E-state index in [4.69, 9.17) is 0 Å². The topological polar surface area (TPSA) is 24.9 Å². The highest BCUT2D eigenvalue weighted by Crippen LogP contribution is 2.23. The van der Waals surface area contributed by atoms with Gasteiger partial charge in [0.15, 0.2) is 0 Å². The molecule has 0 fully saturated rings. The van der Waals surface area contributed by atoms with Crippen LogP contribution in [0, 0.1) is 0 Å². The number of rotatable bonds is 8. The molecule has 2 rings (SSSR count). The first-order chi connectivity index (χ1) is 9.79. The van der Waals surface area contributed by atoms with Crippen LogP contribution in [0.1, 0.15) is 46.0 Å². The van der Waals surface area contributed by atoms with Crippen LogP contribution in [0.25, 0.3) is 10.6 Å². The maximum absolute atomic E-state index is 4.33. The molecule has 1 unspecified atom stereocenters. The Balaban J connectivity index is 1.81. The van der Waals surface area contributed by atoms with E-state index < -0.39 is 0 Å². The van der Waals surface area contributed by atoms with E-state index >= 15 is 0 Å².